The molecule has 0 radical (unpaired) electrons. The number of carbonyl (C=O) groups is 2. The molecule has 2 fully saturated rings. The van der Waals surface area contributed by atoms with E-state index < -0.39 is 23.7 Å². The summed E-state index contributed by atoms with van der Waals surface area (Å²) in [5.41, 5.74) is 0.141. The minimum absolute atomic E-state index is 0.0755. The van der Waals surface area contributed by atoms with Crippen LogP contribution in [0.4, 0.5) is 4.79 Å². The standard InChI is InChI=1S/C26H27I4NO8/c1-26(2,3)39-25(33)31-21(24(32)37-12-16-10-35-16)6-13-4-17(27)23(18(28)5-13)38-14-7-19(29)22(20(30)8-14)36-11-15-9-34-15/h4-5,7-8,15-16,21H,6,9-12H2,1-3H3,(H,31,33). The van der Waals surface area contributed by atoms with Crippen LogP contribution in [0.25, 0.3) is 0 Å². The van der Waals surface area contributed by atoms with Crippen molar-refractivity contribution in [3.63, 3.8) is 0 Å². The monoisotopic (exact) mass is 989 g/mol. The van der Waals surface area contributed by atoms with E-state index in [0.29, 0.717) is 24.7 Å². The van der Waals surface area contributed by atoms with Crippen LogP contribution in [0.3, 0.4) is 0 Å². The summed E-state index contributed by atoms with van der Waals surface area (Å²) in [7, 11) is 0. The molecule has 1 amide bonds. The molecule has 2 aromatic rings. The maximum absolute atomic E-state index is 12.8. The van der Waals surface area contributed by atoms with Gasteiger partial charge in [-0.3, -0.25) is 0 Å². The minimum atomic E-state index is -0.922. The molecule has 2 aromatic carbocycles. The summed E-state index contributed by atoms with van der Waals surface area (Å²) in [4.78, 5) is 25.3. The van der Waals surface area contributed by atoms with Crippen molar-refractivity contribution in [3.05, 3.63) is 44.1 Å². The van der Waals surface area contributed by atoms with Crippen molar-refractivity contribution < 1.29 is 38.0 Å². The van der Waals surface area contributed by atoms with Crippen LogP contribution >= 0.6 is 90.4 Å². The normalized spacial score (nSPS) is 18.6. The molecule has 0 spiro atoms. The van der Waals surface area contributed by atoms with Gasteiger partial charge >= 0.3 is 12.1 Å². The molecule has 2 aliphatic rings. The first-order valence-electron chi connectivity index (χ1n) is 12.0. The Morgan fingerprint density at radius 3 is 2.00 bits per heavy atom. The highest BCUT2D eigenvalue weighted by Crippen LogP contribution is 2.38. The van der Waals surface area contributed by atoms with Crippen LogP contribution < -0.4 is 14.8 Å². The van der Waals surface area contributed by atoms with Crippen LogP contribution in [-0.2, 0) is 30.2 Å². The van der Waals surface area contributed by atoms with Gasteiger partial charge in [0.15, 0.2) is 5.75 Å². The van der Waals surface area contributed by atoms with Gasteiger partial charge in [-0.25, -0.2) is 9.59 Å². The number of carbonyl (C=O) groups excluding carboxylic acids is 2. The zero-order valence-electron chi connectivity index (χ0n) is 21.4. The van der Waals surface area contributed by atoms with E-state index in [0.717, 1.165) is 32.2 Å². The first-order chi connectivity index (χ1) is 18.4. The largest absolute Gasteiger partial charge is 0.489 e. The van der Waals surface area contributed by atoms with E-state index in [-0.39, 0.29) is 25.2 Å². The van der Waals surface area contributed by atoms with Crippen LogP contribution in [0.1, 0.15) is 26.3 Å². The van der Waals surface area contributed by atoms with E-state index in [1.54, 1.807) is 20.8 Å². The lowest BCUT2D eigenvalue weighted by molar-refractivity contribution is -0.146. The van der Waals surface area contributed by atoms with Gasteiger partial charge in [0.1, 0.15) is 48.6 Å². The summed E-state index contributed by atoms with van der Waals surface area (Å²) in [5.74, 6) is 1.68. The molecule has 3 unspecified atom stereocenters. The lowest BCUT2D eigenvalue weighted by atomic mass is 10.1. The van der Waals surface area contributed by atoms with Gasteiger partial charge in [0.05, 0.1) is 27.5 Å². The predicted molar refractivity (Wildman–Crippen MR) is 177 cm³/mol. The Kier molecular flexibility index (Phi) is 11.1. The SMILES string of the molecule is CC(C)(C)OC(=O)NC(Cc1cc(I)c(Oc2cc(I)c(OCC3CO3)c(I)c2)c(I)c1)C(=O)OCC1CO1. The molecule has 3 atom stereocenters. The summed E-state index contributed by atoms with van der Waals surface area (Å²) in [6, 6.07) is 6.82. The summed E-state index contributed by atoms with van der Waals surface area (Å²) in [6.45, 7) is 7.30. The number of esters is 1. The number of rotatable bonds is 11. The molecule has 2 saturated heterocycles. The van der Waals surface area contributed by atoms with Gasteiger partial charge in [-0.2, -0.15) is 0 Å². The fraction of sp³-hybridized carbons (Fsp3) is 0.462. The van der Waals surface area contributed by atoms with Crippen molar-refractivity contribution >= 4 is 102 Å². The predicted octanol–water partition coefficient (Wildman–Crippen LogP) is 6.05. The molecule has 1 N–H and O–H groups in total. The van der Waals surface area contributed by atoms with Crippen LogP contribution in [0, 0.1) is 14.3 Å². The smallest absolute Gasteiger partial charge is 0.408 e. The van der Waals surface area contributed by atoms with Crippen LogP contribution in [0.2, 0.25) is 0 Å². The number of hydrogen-bond donors (Lipinski definition) is 1. The molecule has 39 heavy (non-hydrogen) atoms. The molecule has 2 heterocycles. The van der Waals surface area contributed by atoms with Crippen molar-refractivity contribution in [2.45, 2.75) is 51.0 Å². The molecule has 0 aliphatic carbocycles. The highest BCUT2D eigenvalue weighted by atomic mass is 127. The van der Waals surface area contributed by atoms with Crippen LogP contribution in [-0.4, -0.2) is 62.3 Å². The zero-order chi connectivity index (χ0) is 28.3. The van der Waals surface area contributed by atoms with Gasteiger partial charge < -0.3 is 33.7 Å². The summed E-state index contributed by atoms with van der Waals surface area (Å²) < 4.78 is 36.9. The van der Waals surface area contributed by atoms with Crippen LogP contribution in [0.15, 0.2) is 24.3 Å². The molecular formula is C26H27I4NO8. The maximum atomic E-state index is 12.8. The fourth-order valence-corrected chi connectivity index (χ4v) is 7.48. The summed E-state index contributed by atoms with van der Waals surface area (Å²) in [6.07, 6.45) is -0.351. The highest BCUT2D eigenvalue weighted by Gasteiger charge is 2.30. The topological polar surface area (TPSA) is 108 Å². The number of alkyl carbamates (subject to hydrolysis) is 1. The van der Waals surface area contributed by atoms with E-state index in [1.807, 2.05) is 24.3 Å². The third kappa shape index (κ3) is 10.1. The molecule has 2 aliphatic heterocycles. The second kappa shape index (κ2) is 13.7. The molecule has 0 aromatic heterocycles. The number of epoxide rings is 2. The Labute approximate surface area is 281 Å². The second-order valence-electron chi connectivity index (χ2n) is 9.96. The van der Waals surface area contributed by atoms with E-state index in [4.69, 9.17) is 28.4 Å². The Bertz CT molecular complexity index is 1180. The number of benzene rings is 2. The molecule has 0 bridgehead atoms. The number of nitrogens with one attached hydrogen (secondary N) is 1. The third-order valence-electron chi connectivity index (χ3n) is 5.29. The Morgan fingerprint density at radius 1 is 0.923 bits per heavy atom. The Morgan fingerprint density at radius 2 is 1.46 bits per heavy atom. The highest BCUT2D eigenvalue weighted by molar-refractivity contribution is 14.1. The molecule has 4 rings (SSSR count). The quantitative estimate of drug-likeness (QED) is 0.165. The van der Waals surface area contributed by atoms with E-state index in [1.165, 1.54) is 0 Å². The third-order valence-corrected chi connectivity index (χ3v) is 8.50. The van der Waals surface area contributed by atoms with Gasteiger partial charge in [-0.05, 0) is 141 Å². The van der Waals surface area contributed by atoms with Gasteiger partial charge in [0.25, 0.3) is 0 Å². The van der Waals surface area contributed by atoms with E-state index in [2.05, 4.69) is 95.7 Å². The van der Waals surface area contributed by atoms with Crippen molar-refractivity contribution in [2.75, 3.05) is 26.4 Å². The number of halogens is 4. The summed E-state index contributed by atoms with van der Waals surface area (Å²) in [5, 5.41) is 2.66. The molecule has 9 nitrogen and oxygen atoms in total. The lowest BCUT2D eigenvalue weighted by Crippen LogP contribution is -2.45. The van der Waals surface area contributed by atoms with Crippen molar-refractivity contribution in [1.29, 1.82) is 0 Å². The van der Waals surface area contributed by atoms with Gasteiger partial charge in [0, 0.05) is 6.42 Å². The molecule has 13 heteroatoms. The number of hydrogen-bond acceptors (Lipinski definition) is 8. The summed E-state index contributed by atoms with van der Waals surface area (Å²) >= 11 is 8.92. The average Bonchev–Trinajstić information content (AvgIpc) is 3.73. The molecule has 212 valence electrons. The van der Waals surface area contributed by atoms with Crippen molar-refractivity contribution in [2.24, 2.45) is 0 Å². The first kappa shape index (κ1) is 31.6. The second-order valence-corrected chi connectivity index (χ2v) is 14.6. The molecular weight excluding hydrogens is 962 g/mol. The number of amides is 1. The van der Waals surface area contributed by atoms with Gasteiger partial charge in [-0.1, -0.05) is 0 Å². The Hall–Kier alpha value is -0.380. The zero-order valence-corrected chi connectivity index (χ0v) is 30.0. The first-order valence-corrected chi connectivity index (χ1v) is 16.4. The Balaban J connectivity index is 1.47. The fourth-order valence-electron chi connectivity index (χ4n) is 3.34. The minimum Gasteiger partial charge on any atom is -0.489 e. The van der Waals surface area contributed by atoms with Crippen molar-refractivity contribution in [1.82, 2.24) is 5.32 Å². The van der Waals surface area contributed by atoms with E-state index >= 15 is 0 Å². The van der Waals surface area contributed by atoms with Crippen LogP contribution in [0.5, 0.6) is 17.2 Å². The van der Waals surface area contributed by atoms with Gasteiger partial charge in [-0.15, -0.1) is 0 Å². The average molecular weight is 989 g/mol. The molecule has 0 saturated carbocycles. The van der Waals surface area contributed by atoms with Gasteiger partial charge in [0.2, 0.25) is 0 Å². The maximum Gasteiger partial charge on any atom is 0.408 e. The van der Waals surface area contributed by atoms with E-state index in [9.17, 15) is 9.59 Å². The van der Waals surface area contributed by atoms with Crippen molar-refractivity contribution in [3.8, 4) is 17.2 Å². The lowest BCUT2D eigenvalue weighted by Gasteiger charge is -2.23. The number of ether oxygens (including phenoxy) is 6.